The maximum atomic E-state index is 13.0. The first-order valence-corrected chi connectivity index (χ1v) is 9.12. The highest BCUT2D eigenvalue weighted by atomic mass is 19.4. The Morgan fingerprint density at radius 3 is 1.84 bits per heavy atom. The molecule has 0 aliphatic carbocycles. The van der Waals surface area contributed by atoms with Gasteiger partial charge in [0.25, 0.3) is 0 Å². The van der Waals surface area contributed by atoms with Crippen LogP contribution in [0.1, 0.15) is 22.3 Å². The number of benzene rings is 2. The molecule has 2 aromatic carbocycles. The lowest BCUT2D eigenvalue weighted by Crippen LogP contribution is -2.43. The summed E-state index contributed by atoms with van der Waals surface area (Å²) in [6, 6.07) is 6.19. The van der Waals surface area contributed by atoms with Gasteiger partial charge in [0.05, 0.1) is 31.8 Å². The third-order valence-electron chi connectivity index (χ3n) is 4.43. The molecular formula is C21H19F6NO4. The number of halogens is 6. The molecule has 0 spiro atoms. The molecule has 0 unspecified atom stereocenters. The molecule has 174 valence electrons. The van der Waals surface area contributed by atoms with Crippen LogP contribution in [0.5, 0.6) is 5.75 Å². The highest BCUT2D eigenvalue weighted by Gasteiger charge is 2.37. The highest BCUT2D eigenvalue weighted by molar-refractivity contribution is 5.85. The van der Waals surface area contributed by atoms with Crippen LogP contribution in [0.3, 0.4) is 0 Å². The van der Waals surface area contributed by atoms with Crippen LogP contribution in [-0.4, -0.2) is 32.1 Å². The standard InChI is InChI=1S/C21H19F6NO4/c1-31-16-5-3-12(4-6-16)9-17(19(30)32-2)28-18(29)10-13-7-14(20(22,23)24)11-15(8-13)21(25,26)27/h3-8,11,17H,9-10H2,1-2H3,(H,28,29)/t17-/m0/s1. The van der Waals surface area contributed by atoms with E-state index < -0.39 is 53.4 Å². The summed E-state index contributed by atoms with van der Waals surface area (Å²) in [5.41, 5.74) is -2.95. The molecule has 0 saturated carbocycles. The molecule has 1 N–H and O–H groups in total. The lowest BCUT2D eigenvalue weighted by atomic mass is 10.0. The zero-order chi connectivity index (χ0) is 24.1. The molecular weight excluding hydrogens is 444 g/mol. The first-order valence-electron chi connectivity index (χ1n) is 9.12. The zero-order valence-corrected chi connectivity index (χ0v) is 16.9. The second kappa shape index (κ2) is 9.92. The smallest absolute Gasteiger partial charge is 0.416 e. The molecule has 1 atom stereocenters. The minimum Gasteiger partial charge on any atom is -0.497 e. The van der Waals surface area contributed by atoms with E-state index in [1.807, 2.05) is 0 Å². The van der Waals surface area contributed by atoms with Crippen molar-refractivity contribution >= 4 is 11.9 Å². The van der Waals surface area contributed by atoms with Crippen molar-refractivity contribution in [3.63, 3.8) is 0 Å². The van der Waals surface area contributed by atoms with E-state index in [-0.39, 0.29) is 12.5 Å². The van der Waals surface area contributed by atoms with Crippen molar-refractivity contribution in [2.45, 2.75) is 31.2 Å². The number of ether oxygens (including phenoxy) is 2. The summed E-state index contributed by atoms with van der Waals surface area (Å²) in [5, 5.41) is 2.30. The van der Waals surface area contributed by atoms with Gasteiger partial charge < -0.3 is 14.8 Å². The Kier molecular flexibility index (Phi) is 7.76. The number of nitrogens with one attached hydrogen (secondary N) is 1. The molecule has 2 aromatic rings. The molecule has 5 nitrogen and oxygen atoms in total. The summed E-state index contributed by atoms with van der Waals surface area (Å²) < 4.78 is 87.6. The van der Waals surface area contributed by atoms with Crippen molar-refractivity contribution in [2.75, 3.05) is 14.2 Å². The van der Waals surface area contributed by atoms with Gasteiger partial charge in [0.1, 0.15) is 11.8 Å². The predicted molar refractivity (Wildman–Crippen MR) is 101 cm³/mol. The molecule has 0 aliphatic rings. The fourth-order valence-electron chi connectivity index (χ4n) is 2.89. The Labute approximate surface area is 179 Å². The molecule has 0 radical (unpaired) electrons. The van der Waals surface area contributed by atoms with Gasteiger partial charge in [-0.25, -0.2) is 4.79 Å². The van der Waals surface area contributed by atoms with Crippen molar-refractivity contribution in [2.24, 2.45) is 0 Å². The molecule has 0 fully saturated rings. The van der Waals surface area contributed by atoms with Gasteiger partial charge in [-0.3, -0.25) is 4.79 Å². The number of alkyl halides is 6. The van der Waals surface area contributed by atoms with E-state index in [9.17, 15) is 35.9 Å². The van der Waals surface area contributed by atoms with Crippen LogP contribution >= 0.6 is 0 Å². The molecule has 2 rings (SSSR count). The summed E-state index contributed by atoms with van der Waals surface area (Å²) in [6.45, 7) is 0. The number of esters is 1. The minimum atomic E-state index is -5.03. The van der Waals surface area contributed by atoms with Crippen LogP contribution in [-0.2, 0) is 39.5 Å². The number of carbonyl (C=O) groups is 2. The van der Waals surface area contributed by atoms with Crippen LogP contribution in [0.2, 0.25) is 0 Å². The lowest BCUT2D eigenvalue weighted by Gasteiger charge is -2.18. The number of amides is 1. The van der Waals surface area contributed by atoms with Crippen molar-refractivity contribution < 1.29 is 45.4 Å². The van der Waals surface area contributed by atoms with Crippen LogP contribution in [0.4, 0.5) is 26.3 Å². The number of methoxy groups -OCH3 is 2. The van der Waals surface area contributed by atoms with Crippen LogP contribution < -0.4 is 10.1 Å². The first-order chi connectivity index (χ1) is 14.8. The molecule has 1 amide bonds. The second-order valence-corrected chi connectivity index (χ2v) is 6.79. The average Bonchev–Trinajstić information content (AvgIpc) is 2.71. The quantitative estimate of drug-likeness (QED) is 0.495. The second-order valence-electron chi connectivity index (χ2n) is 6.79. The largest absolute Gasteiger partial charge is 0.497 e. The van der Waals surface area contributed by atoms with E-state index in [1.54, 1.807) is 24.3 Å². The molecule has 0 heterocycles. The maximum absolute atomic E-state index is 13.0. The average molecular weight is 463 g/mol. The van der Waals surface area contributed by atoms with E-state index in [0.29, 0.717) is 23.4 Å². The summed E-state index contributed by atoms with van der Waals surface area (Å²) in [6.07, 6.45) is -10.9. The van der Waals surface area contributed by atoms with Gasteiger partial charge in [0.15, 0.2) is 0 Å². The topological polar surface area (TPSA) is 64.6 Å². The van der Waals surface area contributed by atoms with E-state index in [4.69, 9.17) is 4.74 Å². The summed E-state index contributed by atoms with van der Waals surface area (Å²) in [7, 11) is 2.54. The monoisotopic (exact) mass is 463 g/mol. The van der Waals surface area contributed by atoms with E-state index in [0.717, 1.165) is 7.11 Å². The van der Waals surface area contributed by atoms with Gasteiger partial charge in [-0.15, -0.1) is 0 Å². The Morgan fingerprint density at radius 2 is 1.41 bits per heavy atom. The Balaban J connectivity index is 2.22. The van der Waals surface area contributed by atoms with Gasteiger partial charge in [0.2, 0.25) is 5.91 Å². The zero-order valence-electron chi connectivity index (χ0n) is 16.9. The van der Waals surface area contributed by atoms with Crippen molar-refractivity contribution in [3.05, 3.63) is 64.7 Å². The summed E-state index contributed by atoms with van der Waals surface area (Å²) in [4.78, 5) is 24.4. The normalized spacial score (nSPS) is 12.8. The molecule has 0 saturated heterocycles. The molecule has 11 heteroatoms. The van der Waals surface area contributed by atoms with Gasteiger partial charge in [-0.2, -0.15) is 26.3 Å². The molecule has 0 aromatic heterocycles. The molecule has 0 aliphatic heterocycles. The predicted octanol–water partition coefficient (Wildman–Crippen LogP) is 4.18. The van der Waals surface area contributed by atoms with Crippen LogP contribution in [0, 0.1) is 0 Å². The van der Waals surface area contributed by atoms with Gasteiger partial charge in [-0.1, -0.05) is 12.1 Å². The maximum Gasteiger partial charge on any atom is 0.416 e. The van der Waals surface area contributed by atoms with Gasteiger partial charge in [-0.05, 0) is 41.5 Å². The minimum absolute atomic E-state index is 0.0151. The van der Waals surface area contributed by atoms with Gasteiger partial charge in [0, 0.05) is 6.42 Å². The summed E-state index contributed by atoms with van der Waals surface area (Å²) >= 11 is 0. The van der Waals surface area contributed by atoms with E-state index in [1.165, 1.54) is 7.11 Å². The third-order valence-corrected chi connectivity index (χ3v) is 4.43. The fraction of sp³-hybridized carbons (Fsp3) is 0.333. The fourth-order valence-corrected chi connectivity index (χ4v) is 2.89. The third kappa shape index (κ3) is 6.89. The SMILES string of the molecule is COC(=O)[C@H](Cc1ccc(OC)cc1)NC(=O)Cc1cc(C(F)(F)F)cc(C(F)(F)F)c1. The number of rotatable bonds is 7. The van der Waals surface area contributed by atoms with Crippen LogP contribution in [0.15, 0.2) is 42.5 Å². The molecule has 32 heavy (non-hydrogen) atoms. The summed E-state index contributed by atoms with van der Waals surface area (Å²) in [5.74, 6) is -1.21. The Hall–Kier alpha value is -3.24. The Morgan fingerprint density at radius 1 is 0.875 bits per heavy atom. The molecule has 0 bridgehead atoms. The van der Waals surface area contributed by atoms with Gasteiger partial charge >= 0.3 is 18.3 Å². The highest BCUT2D eigenvalue weighted by Crippen LogP contribution is 2.36. The van der Waals surface area contributed by atoms with Crippen molar-refractivity contribution in [3.8, 4) is 5.75 Å². The number of hydrogen-bond acceptors (Lipinski definition) is 4. The van der Waals surface area contributed by atoms with Crippen molar-refractivity contribution in [1.82, 2.24) is 5.32 Å². The van der Waals surface area contributed by atoms with E-state index >= 15 is 0 Å². The Bertz CT molecular complexity index is 922. The number of hydrogen-bond donors (Lipinski definition) is 1. The van der Waals surface area contributed by atoms with Crippen molar-refractivity contribution in [1.29, 1.82) is 0 Å². The lowest BCUT2D eigenvalue weighted by molar-refractivity contribution is -0.145. The number of carbonyl (C=O) groups excluding carboxylic acids is 2. The van der Waals surface area contributed by atoms with E-state index in [2.05, 4.69) is 10.1 Å². The first kappa shape index (κ1) is 25.0. The van der Waals surface area contributed by atoms with Crippen LogP contribution in [0.25, 0.3) is 0 Å².